The molecule has 2 aromatic carbocycles. The molecular formula is C23H19NO3S. The smallest absolute Gasteiger partial charge is 0.258 e. The molecule has 0 spiro atoms. The van der Waals surface area contributed by atoms with Crippen LogP contribution in [0.5, 0.6) is 11.5 Å². The highest BCUT2D eigenvalue weighted by Crippen LogP contribution is 2.27. The van der Waals surface area contributed by atoms with Crippen LogP contribution < -0.4 is 4.74 Å². The number of thiophene rings is 1. The Morgan fingerprint density at radius 3 is 2.50 bits per heavy atom. The molecule has 0 aliphatic carbocycles. The highest BCUT2D eigenvalue weighted by atomic mass is 32.1. The Hall–Kier alpha value is -3.31. The Kier molecular flexibility index (Phi) is 5.54. The van der Waals surface area contributed by atoms with Gasteiger partial charge in [-0.05, 0) is 41.8 Å². The molecule has 2 aromatic heterocycles. The van der Waals surface area contributed by atoms with Crippen LogP contribution in [0.1, 0.15) is 20.8 Å². The van der Waals surface area contributed by atoms with E-state index in [0.717, 1.165) is 10.4 Å². The minimum absolute atomic E-state index is 0.0823. The van der Waals surface area contributed by atoms with E-state index in [1.54, 1.807) is 29.9 Å². The second-order valence-corrected chi connectivity index (χ2v) is 7.32. The number of benzene rings is 2. The summed E-state index contributed by atoms with van der Waals surface area (Å²) in [5.74, 6) is 1.16. The van der Waals surface area contributed by atoms with E-state index in [1.165, 1.54) is 0 Å². The summed E-state index contributed by atoms with van der Waals surface area (Å²) in [6.45, 7) is 0.994. The fourth-order valence-electron chi connectivity index (χ4n) is 2.91. The third-order valence-corrected chi connectivity index (χ3v) is 5.12. The van der Waals surface area contributed by atoms with Crippen LogP contribution >= 0.6 is 11.3 Å². The van der Waals surface area contributed by atoms with E-state index in [0.29, 0.717) is 30.2 Å². The van der Waals surface area contributed by atoms with Crippen molar-refractivity contribution >= 4 is 17.2 Å². The van der Waals surface area contributed by atoms with Crippen molar-refractivity contribution in [3.05, 3.63) is 107 Å². The van der Waals surface area contributed by atoms with Crippen molar-refractivity contribution < 1.29 is 13.9 Å². The average molecular weight is 389 g/mol. The highest BCUT2D eigenvalue weighted by Gasteiger charge is 2.21. The summed E-state index contributed by atoms with van der Waals surface area (Å²) in [5, 5.41) is 2.02. The number of hydrogen-bond donors (Lipinski definition) is 0. The average Bonchev–Trinajstić information content (AvgIpc) is 3.42. The van der Waals surface area contributed by atoms with Gasteiger partial charge < -0.3 is 14.1 Å². The number of carbonyl (C=O) groups is 1. The van der Waals surface area contributed by atoms with Crippen molar-refractivity contribution in [1.82, 2.24) is 4.90 Å². The van der Waals surface area contributed by atoms with Gasteiger partial charge in [0.05, 0.1) is 24.6 Å². The molecule has 4 rings (SSSR count). The number of rotatable bonds is 7. The van der Waals surface area contributed by atoms with Gasteiger partial charge in [0.15, 0.2) is 0 Å². The number of ether oxygens (including phenoxy) is 1. The van der Waals surface area contributed by atoms with Gasteiger partial charge >= 0.3 is 0 Å². The Bertz CT molecular complexity index is 975. The highest BCUT2D eigenvalue weighted by molar-refractivity contribution is 7.09. The van der Waals surface area contributed by atoms with Crippen LogP contribution in [0.25, 0.3) is 0 Å². The molecule has 5 heteroatoms. The summed E-state index contributed by atoms with van der Waals surface area (Å²) in [4.78, 5) is 16.4. The summed E-state index contributed by atoms with van der Waals surface area (Å²) >= 11 is 1.63. The third kappa shape index (κ3) is 4.32. The van der Waals surface area contributed by atoms with E-state index in [-0.39, 0.29) is 5.91 Å². The van der Waals surface area contributed by atoms with Crippen LogP contribution in [-0.2, 0) is 13.1 Å². The summed E-state index contributed by atoms with van der Waals surface area (Å²) in [6, 6.07) is 22.7. The lowest BCUT2D eigenvalue weighted by Gasteiger charge is -2.23. The first-order valence-electron chi connectivity index (χ1n) is 8.94. The van der Waals surface area contributed by atoms with E-state index in [1.807, 2.05) is 77.0 Å². The fourth-order valence-corrected chi connectivity index (χ4v) is 3.63. The zero-order valence-electron chi connectivity index (χ0n) is 15.2. The number of para-hydroxylation sites is 2. The number of hydrogen-bond acceptors (Lipinski definition) is 4. The lowest BCUT2D eigenvalue weighted by Crippen LogP contribution is -2.30. The molecule has 4 nitrogen and oxygen atoms in total. The van der Waals surface area contributed by atoms with Crippen molar-refractivity contribution in [1.29, 1.82) is 0 Å². The molecule has 0 unspecified atom stereocenters. The van der Waals surface area contributed by atoms with Crippen LogP contribution in [0.2, 0.25) is 0 Å². The predicted octanol–water partition coefficient (Wildman–Crippen LogP) is 5.98. The van der Waals surface area contributed by atoms with Gasteiger partial charge in [0, 0.05) is 17.0 Å². The van der Waals surface area contributed by atoms with E-state index in [4.69, 9.17) is 9.15 Å². The van der Waals surface area contributed by atoms with Gasteiger partial charge in [-0.15, -0.1) is 11.3 Å². The zero-order chi connectivity index (χ0) is 19.2. The maximum atomic E-state index is 13.4. The van der Waals surface area contributed by atoms with Gasteiger partial charge in [-0.25, -0.2) is 0 Å². The van der Waals surface area contributed by atoms with Gasteiger partial charge in [0.2, 0.25) is 0 Å². The van der Waals surface area contributed by atoms with Gasteiger partial charge in [0.25, 0.3) is 5.91 Å². The number of carbonyl (C=O) groups excluding carboxylic acids is 1. The normalized spacial score (nSPS) is 10.6. The SMILES string of the molecule is O=C(c1ccccc1Oc1ccccc1)N(Cc1ccoc1)Cc1cccs1. The number of furan rings is 1. The molecule has 0 aliphatic heterocycles. The second kappa shape index (κ2) is 8.59. The van der Waals surface area contributed by atoms with Crippen LogP contribution in [0, 0.1) is 0 Å². The van der Waals surface area contributed by atoms with E-state index < -0.39 is 0 Å². The Balaban J connectivity index is 1.62. The lowest BCUT2D eigenvalue weighted by molar-refractivity contribution is 0.0729. The van der Waals surface area contributed by atoms with Crippen molar-refractivity contribution in [2.24, 2.45) is 0 Å². The Morgan fingerprint density at radius 2 is 1.75 bits per heavy atom. The van der Waals surface area contributed by atoms with Crippen molar-refractivity contribution in [2.75, 3.05) is 0 Å². The molecule has 0 saturated heterocycles. The van der Waals surface area contributed by atoms with E-state index in [2.05, 4.69) is 0 Å². The summed E-state index contributed by atoms with van der Waals surface area (Å²) in [7, 11) is 0. The van der Waals surface area contributed by atoms with E-state index in [9.17, 15) is 4.79 Å². The maximum absolute atomic E-state index is 13.4. The van der Waals surface area contributed by atoms with Gasteiger partial charge in [0.1, 0.15) is 11.5 Å². The first-order chi connectivity index (χ1) is 13.8. The summed E-state index contributed by atoms with van der Waals surface area (Å²) in [5.41, 5.74) is 1.48. The monoisotopic (exact) mass is 389 g/mol. The third-order valence-electron chi connectivity index (χ3n) is 4.26. The largest absolute Gasteiger partial charge is 0.472 e. The van der Waals surface area contributed by atoms with E-state index >= 15 is 0 Å². The van der Waals surface area contributed by atoms with Crippen molar-refractivity contribution in [3.8, 4) is 11.5 Å². The summed E-state index contributed by atoms with van der Waals surface area (Å²) in [6.07, 6.45) is 3.29. The lowest BCUT2D eigenvalue weighted by atomic mass is 10.1. The molecule has 28 heavy (non-hydrogen) atoms. The molecule has 4 aromatic rings. The van der Waals surface area contributed by atoms with Crippen molar-refractivity contribution in [3.63, 3.8) is 0 Å². The maximum Gasteiger partial charge on any atom is 0.258 e. The first kappa shape index (κ1) is 18.1. The standard InChI is InChI=1S/C23H19NO3S/c25-23(21-10-4-5-11-22(21)27-19-7-2-1-3-8-19)24(15-18-12-13-26-17-18)16-20-9-6-14-28-20/h1-14,17H,15-16H2. The van der Waals surface area contributed by atoms with Crippen molar-refractivity contribution in [2.45, 2.75) is 13.1 Å². The molecule has 0 N–H and O–H groups in total. The molecule has 0 radical (unpaired) electrons. The molecule has 0 fully saturated rings. The van der Waals surface area contributed by atoms with Gasteiger partial charge in [-0.3, -0.25) is 4.79 Å². The Labute approximate surface area is 167 Å². The number of amides is 1. The van der Waals surface area contributed by atoms with Crippen LogP contribution in [-0.4, -0.2) is 10.8 Å². The second-order valence-electron chi connectivity index (χ2n) is 6.28. The molecule has 140 valence electrons. The van der Waals surface area contributed by atoms with Crippen LogP contribution in [0.15, 0.2) is 95.1 Å². The van der Waals surface area contributed by atoms with Crippen LogP contribution in [0.4, 0.5) is 0 Å². The molecule has 0 bridgehead atoms. The fraction of sp³-hybridized carbons (Fsp3) is 0.0870. The minimum atomic E-state index is -0.0823. The van der Waals surface area contributed by atoms with Gasteiger partial charge in [-0.1, -0.05) is 36.4 Å². The predicted molar refractivity (Wildman–Crippen MR) is 110 cm³/mol. The zero-order valence-corrected chi connectivity index (χ0v) is 16.0. The topological polar surface area (TPSA) is 42.7 Å². The molecular weight excluding hydrogens is 370 g/mol. The molecule has 0 atom stereocenters. The first-order valence-corrected chi connectivity index (χ1v) is 9.82. The van der Waals surface area contributed by atoms with Gasteiger partial charge in [-0.2, -0.15) is 0 Å². The molecule has 2 heterocycles. The molecule has 0 aliphatic rings. The minimum Gasteiger partial charge on any atom is -0.472 e. The molecule has 1 amide bonds. The summed E-state index contributed by atoms with van der Waals surface area (Å²) < 4.78 is 11.2. The van der Waals surface area contributed by atoms with Crippen LogP contribution in [0.3, 0.4) is 0 Å². The number of nitrogens with zero attached hydrogens (tertiary/aromatic N) is 1. The quantitative estimate of drug-likeness (QED) is 0.391. The molecule has 0 saturated carbocycles. The Morgan fingerprint density at radius 1 is 0.929 bits per heavy atom.